The van der Waals surface area contributed by atoms with Gasteiger partial charge >= 0.3 is 5.97 Å². The predicted octanol–water partition coefficient (Wildman–Crippen LogP) is 2.35. The number of benzene rings is 1. The Labute approximate surface area is 177 Å². The molecule has 162 valence electrons. The number of carbonyl (C=O) groups is 3. The number of nitrogens with two attached hydrogens (primary N) is 1. The summed E-state index contributed by atoms with van der Waals surface area (Å²) < 4.78 is 5.07. The van der Waals surface area contributed by atoms with Crippen LogP contribution < -0.4 is 10.6 Å². The fourth-order valence-corrected chi connectivity index (χ4v) is 4.00. The Morgan fingerprint density at radius 3 is 2.37 bits per heavy atom. The van der Waals surface area contributed by atoms with E-state index >= 15 is 0 Å². The molecule has 0 bridgehead atoms. The number of piperidine rings is 1. The van der Waals surface area contributed by atoms with Gasteiger partial charge in [-0.1, -0.05) is 25.0 Å². The van der Waals surface area contributed by atoms with Crippen molar-refractivity contribution in [1.29, 1.82) is 0 Å². The van der Waals surface area contributed by atoms with Crippen molar-refractivity contribution in [1.82, 2.24) is 4.90 Å². The molecule has 7 nitrogen and oxygen atoms in total. The van der Waals surface area contributed by atoms with Crippen LogP contribution in [-0.2, 0) is 19.1 Å². The first-order valence-corrected chi connectivity index (χ1v) is 10.8. The zero-order valence-corrected chi connectivity index (χ0v) is 17.4. The zero-order valence-electron chi connectivity index (χ0n) is 17.4. The molecular weight excluding hydrogens is 382 g/mol. The number of rotatable bonds is 6. The minimum Gasteiger partial charge on any atom is -0.452 e. The zero-order chi connectivity index (χ0) is 21.3. The van der Waals surface area contributed by atoms with Crippen LogP contribution in [0.2, 0.25) is 0 Å². The molecule has 2 fully saturated rings. The summed E-state index contributed by atoms with van der Waals surface area (Å²) in [7, 11) is 0. The van der Waals surface area contributed by atoms with E-state index in [9.17, 15) is 14.4 Å². The largest absolute Gasteiger partial charge is 0.452 e. The quantitative estimate of drug-likeness (QED) is 0.571. The Morgan fingerprint density at radius 2 is 1.70 bits per heavy atom. The van der Waals surface area contributed by atoms with Gasteiger partial charge in [0.15, 0.2) is 6.61 Å². The number of amides is 2. The van der Waals surface area contributed by atoms with E-state index in [1.54, 1.807) is 6.08 Å². The summed E-state index contributed by atoms with van der Waals surface area (Å²) in [5.41, 5.74) is 7.44. The smallest absolute Gasteiger partial charge is 0.331 e. The molecule has 0 radical (unpaired) electrons. The lowest BCUT2D eigenvalue weighted by molar-refractivity contribution is -0.149. The lowest BCUT2D eigenvalue weighted by Gasteiger charge is -2.30. The van der Waals surface area contributed by atoms with Gasteiger partial charge in [0.05, 0.1) is 5.92 Å². The Kier molecular flexibility index (Phi) is 7.88. The third-order valence-corrected chi connectivity index (χ3v) is 5.79. The highest BCUT2D eigenvalue weighted by molar-refractivity contribution is 5.89. The Hall–Kier alpha value is -2.83. The second kappa shape index (κ2) is 10.8. The number of primary amides is 1. The highest BCUT2D eigenvalue weighted by Crippen LogP contribution is 2.20. The van der Waals surface area contributed by atoms with Gasteiger partial charge in [-0.3, -0.25) is 9.59 Å². The topological polar surface area (TPSA) is 92.9 Å². The highest BCUT2D eigenvalue weighted by Gasteiger charge is 2.27. The van der Waals surface area contributed by atoms with E-state index < -0.39 is 11.9 Å². The number of anilines is 1. The van der Waals surface area contributed by atoms with Gasteiger partial charge in [0.25, 0.3) is 5.91 Å². The van der Waals surface area contributed by atoms with Crippen LogP contribution in [0, 0.1) is 5.92 Å². The van der Waals surface area contributed by atoms with Crippen LogP contribution in [0.1, 0.15) is 44.1 Å². The summed E-state index contributed by atoms with van der Waals surface area (Å²) in [5.74, 6) is -1.59. The first kappa shape index (κ1) is 21.9. The van der Waals surface area contributed by atoms with Gasteiger partial charge in [0, 0.05) is 37.9 Å². The maximum absolute atomic E-state index is 12.2. The number of esters is 1. The van der Waals surface area contributed by atoms with E-state index in [2.05, 4.69) is 17.0 Å². The maximum atomic E-state index is 12.2. The normalized spacial score (nSPS) is 20.1. The van der Waals surface area contributed by atoms with Crippen molar-refractivity contribution in [3.05, 3.63) is 35.9 Å². The van der Waals surface area contributed by atoms with Crippen molar-refractivity contribution in [3.63, 3.8) is 0 Å². The lowest BCUT2D eigenvalue weighted by Crippen LogP contribution is -2.45. The van der Waals surface area contributed by atoms with Gasteiger partial charge in [0.2, 0.25) is 5.91 Å². The average molecular weight is 414 g/mol. The van der Waals surface area contributed by atoms with E-state index in [-0.39, 0.29) is 18.4 Å². The minimum atomic E-state index is -0.566. The fraction of sp³-hybridized carbons (Fsp3) is 0.522. The van der Waals surface area contributed by atoms with Gasteiger partial charge in [-0.25, -0.2) is 4.79 Å². The van der Waals surface area contributed by atoms with Crippen LogP contribution in [0.5, 0.6) is 0 Å². The molecule has 2 N–H and O–H groups in total. The molecule has 1 aromatic carbocycles. The van der Waals surface area contributed by atoms with Gasteiger partial charge in [0.1, 0.15) is 0 Å². The molecule has 1 aromatic rings. The van der Waals surface area contributed by atoms with Crippen molar-refractivity contribution in [2.24, 2.45) is 11.7 Å². The van der Waals surface area contributed by atoms with Crippen LogP contribution in [-0.4, -0.2) is 55.5 Å². The summed E-state index contributed by atoms with van der Waals surface area (Å²) in [6.45, 7) is 2.70. The van der Waals surface area contributed by atoms with E-state index in [1.807, 2.05) is 12.1 Å². The molecular formula is C23H31N3O4. The molecule has 0 aliphatic carbocycles. The van der Waals surface area contributed by atoms with Crippen molar-refractivity contribution in [2.45, 2.75) is 38.5 Å². The molecule has 2 aliphatic rings. The molecule has 3 rings (SSSR count). The third-order valence-electron chi connectivity index (χ3n) is 5.79. The first-order valence-electron chi connectivity index (χ1n) is 10.8. The van der Waals surface area contributed by atoms with E-state index in [4.69, 9.17) is 10.5 Å². The highest BCUT2D eigenvalue weighted by atomic mass is 16.5. The SMILES string of the molecule is NC(=O)[C@H]1CCCN(C(=O)COC(=O)/C=C/c2ccc(N3CCCCCC3)cc2)C1. The van der Waals surface area contributed by atoms with Crippen LogP contribution in [0.4, 0.5) is 5.69 Å². The number of carbonyl (C=O) groups excluding carboxylic acids is 3. The summed E-state index contributed by atoms with van der Waals surface area (Å²) in [5, 5.41) is 0. The Morgan fingerprint density at radius 1 is 1.00 bits per heavy atom. The minimum absolute atomic E-state index is 0.297. The summed E-state index contributed by atoms with van der Waals surface area (Å²) >= 11 is 0. The van der Waals surface area contributed by atoms with Crippen LogP contribution in [0.15, 0.2) is 30.3 Å². The molecule has 2 amide bonds. The monoisotopic (exact) mass is 413 g/mol. The molecule has 1 atom stereocenters. The summed E-state index contributed by atoms with van der Waals surface area (Å²) in [4.78, 5) is 39.5. The summed E-state index contributed by atoms with van der Waals surface area (Å²) in [6, 6.07) is 8.11. The van der Waals surface area contributed by atoms with Crippen LogP contribution >= 0.6 is 0 Å². The number of hydrogen-bond donors (Lipinski definition) is 1. The second-order valence-electron chi connectivity index (χ2n) is 8.02. The summed E-state index contributed by atoms with van der Waals surface area (Å²) in [6.07, 6.45) is 9.48. The number of likely N-dealkylation sites (tertiary alicyclic amines) is 1. The second-order valence-corrected chi connectivity index (χ2v) is 8.02. The molecule has 2 heterocycles. The molecule has 0 aromatic heterocycles. The molecule has 0 saturated carbocycles. The molecule has 7 heteroatoms. The maximum Gasteiger partial charge on any atom is 0.331 e. The van der Waals surface area contributed by atoms with Crippen molar-refractivity contribution >= 4 is 29.5 Å². The van der Waals surface area contributed by atoms with Gasteiger partial charge in [-0.2, -0.15) is 0 Å². The molecule has 2 aliphatic heterocycles. The van der Waals surface area contributed by atoms with Gasteiger partial charge in [-0.05, 0) is 49.5 Å². The standard InChI is InChI=1S/C23H31N3O4/c24-23(29)19-6-5-15-26(16-19)21(27)17-30-22(28)12-9-18-7-10-20(11-8-18)25-13-3-1-2-4-14-25/h7-12,19H,1-6,13-17H2,(H2,24,29)/b12-9+/t19-/m0/s1. The first-order chi connectivity index (χ1) is 14.5. The van der Waals surface area contributed by atoms with Crippen molar-refractivity contribution in [2.75, 3.05) is 37.7 Å². The van der Waals surface area contributed by atoms with E-state index in [0.717, 1.165) is 25.1 Å². The predicted molar refractivity (Wildman–Crippen MR) is 116 cm³/mol. The van der Waals surface area contributed by atoms with Crippen LogP contribution in [0.3, 0.4) is 0 Å². The van der Waals surface area contributed by atoms with E-state index in [0.29, 0.717) is 19.5 Å². The molecule has 2 saturated heterocycles. The Balaban J connectivity index is 1.45. The molecule has 30 heavy (non-hydrogen) atoms. The average Bonchev–Trinajstić information content (AvgIpc) is 3.06. The van der Waals surface area contributed by atoms with Gasteiger partial charge < -0.3 is 20.3 Å². The van der Waals surface area contributed by atoms with E-state index in [1.165, 1.54) is 42.3 Å². The number of nitrogens with zero attached hydrogens (tertiary/aromatic N) is 2. The van der Waals surface area contributed by atoms with Crippen molar-refractivity contribution < 1.29 is 19.1 Å². The van der Waals surface area contributed by atoms with Crippen LogP contribution in [0.25, 0.3) is 6.08 Å². The number of hydrogen-bond acceptors (Lipinski definition) is 5. The Bertz CT molecular complexity index is 767. The molecule has 0 spiro atoms. The van der Waals surface area contributed by atoms with Gasteiger partial charge in [-0.15, -0.1) is 0 Å². The fourth-order valence-electron chi connectivity index (χ4n) is 4.00. The number of ether oxygens (including phenoxy) is 1. The lowest BCUT2D eigenvalue weighted by atomic mass is 9.97. The van der Waals surface area contributed by atoms with Crippen molar-refractivity contribution in [3.8, 4) is 0 Å². The molecule has 0 unspecified atom stereocenters. The third kappa shape index (κ3) is 6.34.